The first-order valence-electron chi connectivity index (χ1n) is 9.77. The van der Waals surface area contributed by atoms with Crippen molar-refractivity contribution in [1.82, 2.24) is 10.3 Å². The molecular weight excluding hydrogens is 382 g/mol. The van der Waals surface area contributed by atoms with E-state index in [9.17, 15) is 4.79 Å². The minimum Gasteiger partial charge on any atom is -0.456 e. The first-order chi connectivity index (χ1) is 14.3. The van der Waals surface area contributed by atoms with E-state index in [0.29, 0.717) is 5.92 Å². The molecule has 2 heterocycles. The highest BCUT2D eigenvalue weighted by Crippen LogP contribution is 2.41. The van der Waals surface area contributed by atoms with Crippen LogP contribution in [0.15, 0.2) is 71.8 Å². The van der Waals surface area contributed by atoms with E-state index in [0.717, 1.165) is 46.4 Å². The number of rotatable bonds is 5. The second-order valence-corrected chi connectivity index (χ2v) is 8.37. The number of carbonyl (C=O) groups excluding carboxylic acids is 1. The number of amides is 2. The number of carbonyl (C=O) groups is 1. The van der Waals surface area contributed by atoms with Crippen molar-refractivity contribution in [1.29, 1.82) is 0 Å². The van der Waals surface area contributed by atoms with Crippen LogP contribution in [0.25, 0.3) is 0 Å². The number of aryl methyl sites for hydroxylation is 1. The molecule has 29 heavy (non-hydrogen) atoms. The van der Waals surface area contributed by atoms with Gasteiger partial charge in [0.2, 0.25) is 0 Å². The molecular formula is C23H21N3O2S. The highest BCUT2D eigenvalue weighted by Gasteiger charge is 2.39. The van der Waals surface area contributed by atoms with Crippen LogP contribution in [-0.4, -0.2) is 22.8 Å². The third-order valence-electron chi connectivity index (χ3n) is 5.20. The summed E-state index contributed by atoms with van der Waals surface area (Å²) in [6.45, 7) is 0. The van der Waals surface area contributed by atoms with E-state index in [1.54, 1.807) is 18.0 Å². The lowest BCUT2D eigenvalue weighted by atomic mass is 10.1. The van der Waals surface area contributed by atoms with Gasteiger partial charge in [-0.05, 0) is 36.2 Å². The van der Waals surface area contributed by atoms with Gasteiger partial charge in [-0.3, -0.25) is 4.98 Å². The molecule has 0 bridgehead atoms. The zero-order chi connectivity index (χ0) is 19.6. The van der Waals surface area contributed by atoms with Crippen LogP contribution in [0.2, 0.25) is 0 Å². The molecule has 5 nitrogen and oxygen atoms in total. The second kappa shape index (κ2) is 7.79. The van der Waals surface area contributed by atoms with Crippen LogP contribution in [-0.2, 0) is 6.42 Å². The average molecular weight is 404 g/mol. The van der Waals surface area contributed by atoms with Gasteiger partial charge in [0, 0.05) is 42.1 Å². The largest absolute Gasteiger partial charge is 0.456 e. The van der Waals surface area contributed by atoms with Crippen LogP contribution in [0.5, 0.6) is 11.5 Å². The molecule has 1 aromatic heterocycles. The minimum atomic E-state index is -0.176. The van der Waals surface area contributed by atoms with Crippen molar-refractivity contribution < 1.29 is 9.53 Å². The van der Waals surface area contributed by atoms with Crippen molar-refractivity contribution in [2.75, 3.05) is 11.1 Å². The lowest BCUT2D eigenvalue weighted by molar-refractivity contribution is 0.251. The van der Waals surface area contributed by atoms with Crippen LogP contribution in [0.4, 0.5) is 10.5 Å². The fourth-order valence-electron chi connectivity index (χ4n) is 3.63. The quantitative estimate of drug-likeness (QED) is 0.615. The van der Waals surface area contributed by atoms with Crippen molar-refractivity contribution in [2.45, 2.75) is 29.7 Å². The van der Waals surface area contributed by atoms with Crippen molar-refractivity contribution in [3.8, 4) is 11.5 Å². The summed E-state index contributed by atoms with van der Waals surface area (Å²) in [5, 5.41) is 5.94. The maximum absolute atomic E-state index is 12.3. The Balaban J connectivity index is 1.16. The van der Waals surface area contributed by atoms with E-state index >= 15 is 0 Å². The molecule has 146 valence electrons. The zero-order valence-corrected chi connectivity index (χ0v) is 16.6. The highest BCUT2D eigenvalue weighted by molar-refractivity contribution is 7.99. The molecule has 3 aromatic rings. The monoisotopic (exact) mass is 403 g/mol. The molecule has 2 amide bonds. The predicted molar refractivity (Wildman–Crippen MR) is 115 cm³/mol. The van der Waals surface area contributed by atoms with E-state index in [-0.39, 0.29) is 12.1 Å². The average Bonchev–Trinajstić information content (AvgIpc) is 3.32. The Labute approximate surface area is 173 Å². The van der Waals surface area contributed by atoms with E-state index in [1.165, 1.54) is 5.56 Å². The lowest BCUT2D eigenvalue weighted by Crippen LogP contribution is -2.31. The number of nitrogens with one attached hydrogen (secondary N) is 2. The molecule has 6 heteroatoms. The number of urea groups is 1. The van der Waals surface area contributed by atoms with Crippen LogP contribution in [0, 0.1) is 0 Å². The number of aromatic nitrogens is 1. The normalized spacial score (nSPS) is 19.3. The number of thioether (sulfide) groups is 1. The van der Waals surface area contributed by atoms with Crippen molar-refractivity contribution >= 4 is 23.5 Å². The standard InChI is InChI=1S/C23H21N3O2S/c27-23(26-20-14-18(20)15-4-2-1-3-5-15)25-16-6-8-17(9-7-16)28-21-10-12-24-19-11-13-29-22(19)21/h1-10,12,18,20H,11,13-14H2,(H2,25,26,27). The number of hydrogen-bond donors (Lipinski definition) is 2. The van der Waals surface area contributed by atoms with Crippen LogP contribution >= 0.6 is 11.8 Å². The number of pyridine rings is 1. The summed E-state index contributed by atoms with van der Waals surface area (Å²) in [6, 6.07) is 19.7. The number of fused-ring (bicyclic) bond motifs is 1. The first-order valence-corrected chi connectivity index (χ1v) is 10.8. The van der Waals surface area contributed by atoms with E-state index in [1.807, 2.05) is 48.5 Å². The Morgan fingerprint density at radius 1 is 1.07 bits per heavy atom. The Morgan fingerprint density at radius 2 is 1.90 bits per heavy atom. The Kier molecular flexibility index (Phi) is 4.86. The SMILES string of the molecule is O=C(Nc1ccc(Oc2ccnc3c2SCC3)cc1)NC1CC1c1ccccc1. The van der Waals surface area contributed by atoms with Crippen molar-refractivity contribution in [3.05, 3.63) is 78.1 Å². The molecule has 1 aliphatic heterocycles. The summed E-state index contributed by atoms with van der Waals surface area (Å²) in [6.07, 6.45) is 3.76. The third kappa shape index (κ3) is 4.07. The van der Waals surface area contributed by atoms with E-state index < -0.39 is 0 Å². The van der Waals surface area contributed by atoms with Crippen LogP contribution < -0.4 is 15.4 Å². The van der Waals surface area contributed by atoms with Crippen LogP contribution in [0.3, 0.4) is 0 Å². The second-order valence-electron chi connectivity index (χ2n) is 7.27. The fraction of sp³-hybridized carbons (Fsp3) is 0.217. The molecule has 2 unspecified atom stereocenters. The summed E-state index contributed by atoms with van der Waals surface area (Å²) in [7, 11) is 0. The van der Waals surface area contributed by atoms with Gasteiger partial charge in [-0.25, -0.2) is 4.79 Å². The van der Waals surface area contributed by atoms with Gasteiger partial charge < -0.3 is 15.4 Å². The number of hydrogen-bond acceptors (Lipinski definition) is 4. The molecule has 1 fully saturated rings. The Morgan fingerprint density at radius 3 is 2.72 bits per heavy atom. The number of ether oxygens (including phenoxy) is 1. The van der Waals surface area contributed by atoms with E-state index in [4.69, 9.17) is 4.74 Å². The molecule has 2 atom stereocenters. The van der Waals surface area contributed by atoms with Gasteiger partial charge in [-0.15, -0.1) is 11.8 Å². The topological polar surface area (TPSA) is 63.2 Å². The van der Waals surface area contributed by atoms with Gasteiger partial charge >= 0.3 is 6.03 Å². The summed E-state index contributed by atoms with van der Waals surface area (Å²) >= 11 is 1.78. The first kappa shape index (κ1) is 18.1. The molecule has 1 saturated carbocycles. The molecule has 0 radical (unpaired) electrons. The van der Waals surface area contributed by atoms with Gasteiger partial charge in [0.25, 0.3) is 0 Å². The summed E-state index contributed by atoms with van der Waals surface area (Å²) in [5.74, 6) is 3.05. The summed E-state index contributed by atoms with van der Waals surface area (Å²) in [5.41, 5.74) is 3.12. The lowest BCUT2D eigenvalue weighted by Gasteiger charge is -2.11. The number of benzene rings is 2. The number of anilines is 1. The predicted octanol–water partition coefficient (Wildman–Crippen LogP) is 5.20. The smallest absolute Gasteiger partial charge is 0.319 e. The van der Waals surface area contributed by atoms with E-state index in [2.05, 4.69) is 27.8 Å². The molecule has 2 aliphatic rings. The molecule has 2 aromatic carbocycles. The maximum Gasteiger partial charge on any atom is 0.319 e. The van der Waals surface area contributed by atoms with Gasteiger partial charge in [0.15, 0.2) is 0 Å². The Hall–Kier alpha value is -2.99. The van der Waals surface area contributed by atoms with Gasteiger partial charge in [0.05, 0.1) is 10.6 Å². The highest BCUT2D eigenvalue weighted by atomic mass is 32.2. The summed E-state index contributed by atoms with van der Waals surface area (Å²) in [4.78, 5) is 17.8. The van der Waals surface area contributed by atoms with Gasteiger partial charge in [-0.1, -0.05) is 30.3 Å². The Bertz CT molecular complexity index is 1020. The minimum absolute atomic E-state index is 0.176. The van der Waals surface area contributed by atoms with Crippen molar-refractivity contribution in [3.63, 3.8) is 0 Å². The molecule has 5 rings (SSSR count). The summed E-state index contributed by atoms with van der Waals surface area (Å²) < 4.78 is 6.03. The molecule has 0 spiro atoms. The molecule has 2 N–H and O–H groups in total. The van der Waals surface area contributed by atoms with Gasteiger partial charge in [0.1, 0.15) is 11.5 Å². The third-order valence-corrected chi connectivity index (χ3v) is 6.34. The fourth-order valence-corrected chi connectivity index (χ4v) is 4.70. The van der Waals surface area contributed by atoms with Crippen molar-refractivity contribution in [2.24, 2.45) is 0 Å². The zero-order valence-electron chi connectivity index (χ0n) is 15.8. The van der Waals surface area contributed by atoms with Crippen LogP contribution in [0.1, 0.15) is 23.6 Å². The van der Waals surface area contributed by atoms with Gasteiger partial charge in [-0.2, -0.15) is 0 Å². The molecule has 1 aliphatic carbocycles. The number of nitrogens with zero attached hydrogens (tertiary/aromatic N) is 1. The maximum atomic E-state index is 12.3. The molecule has 0 saturated heterocycles.